The monoisotopic (exact) mass is 347 g/mol. The Morgan fingerprint density at radius 3 is 2.56 bits per heavy atom. The summed E-state index contributed by atoms with van der Waals surface area (Å²) in [4.78, 5) is 28.5. The predicted octanol–water partition coefficient (Wildman–Crippen LogP) is 3.06. The number of benzene rings is 1. The number of urea groups is 1. The van der Waals surface area contributed by atoms with Crippen LogP contribution in [0.4, 0.5) is 10.5 Å². The Kier molecular flexibility index (Phi) is 6.82. The zero-order chi connectivity index (χ0) is 18.4. The van der Waals surface area contributed by atoms with Gasteiger partial charge >= 0.3 is 6.03 Å². The lowest BCUT2D eigenvalue weighted by Crippen LogP contribution is -2.40. The second kappa shape index (κ2) is 8.85. The molecule has 3 amide bonds. The molecule has 1 atom stereocenters. The first-order valence-electron chi connectivity index (χ1n) is 8.89. The Balaban J connectivity index is 2.00. The summed E-state index contributed by atoms with van der Waals surface area (Å²) in [5.74, 6) is 0.501. The fourth-order valence-electron chi connectivity index (χ4n) is 2.93. The summed E-state index contributed by atoms with van der Waals surface area (Å²) in [6.07, 6.45) is 0.944. The smallest absolute Gasteiger partial charge is 0.321 e. The summed E-state index contributed by atoms with van der Waals surface area (Å²) >= 11 is 0. The summed E-state index contributed by atoms with van der Waals surface area (Å²) < 4.78 is 5.28. The number of ether oxygens (including phenoxy) is 1. The largest absolute Gasteiger partial charge is 0.378 e. The van der Waals surface area contributed by atoms with Gasteiger partial charge in [0, 0.05) is 37.4 Å². The third kappa shape index (κ3) is 5.46. The van der Waals surface area contributed by atoms with Crippen molar-refractivity contribution >= 4 is 17.6 Å². The van der Waals surface area contributed by atoms with Crippen LogP contribution in [0.1, 0.15) is 37.6 Å². The van der Waals surface area contributed by atoms with Gasteiger partial charge in [0.2, 0.25) is 0 Å². The Hall–Kier alpha value is -2.08. The van der Waals surface area contributed by atoms with Crippen molar-refractivity contribution in [3.63, 3.8) is 0 Å². The van der Waals surface area contributed by atoms with Crippen molar-refractivity contribution < 1.29 is 14.3 Å². The van der Waals surface area contributed by atoms with Crippen LogP contribution in [0.2, 0.25) is 0 Å². The lowest BCUT2D eigenvalue weighted by Gasteiger charge is -2.27. The van der Waals surface area contributed by atoms with Crippen molar-refractivity contribution in [2.75, 3.05) is 38.7 Å². The number of hydrogen-bond donors (Lipinski definition) is 1. The van der Waals surface area contributed by atoms with Crippen molar-refractivity contribution in [1.82, 2.24) is 9.80 Å². The van der Waals surface area contributed by atoms with E-state index in [1.54, 1.807) is 41.1 Å². The molecule has 1 aliphatic heterocycles. The van der Waals surface area contributed by atoms with Crippen LogP contribution in [0.15, 0.2) is 24.3 Å². The molecule has 0 aromatic heterocycles. The van der Waals surface area contributed by atoms with E-state index >= 15 is 0 Å². The van der Waals surface area contributed by atoms with Crippen molar-refractivity contribution in [2.45, 2.75) is 33.2 Å². The third-order valence-electron chi connectivity index (χ3n) is 4.45. The molecule has 0 saturated carbocycles. The first-order chi connectivity index (χ1) is 11.9. The van der Waals surface area contributed by atoms with Crippen LogP contribution in [-0.2, 0) is 4.74 Å². The molecule has 138 valence electrons. The van der Waals surface area contributed by atoms with Gasteiger partial charge in [-0.1, -0.05) is 19.9 Å². The minimum absolute atomic E-state index is 0.0269. The van der Waals surface area contributed by atoms with Gasteiger partial charge in [-0.3, -0.25) is 4.79 Å². The fraction of sp³-hybridized carbons (Fsp3) is 0.579. The van der Waals surface area contributed by atoms with E-state index in [-0.39, 0.29) is 18.0 Å². The normalized spacial score (nSPS) is 15.8. The summed E-state index contributed by atoms with van der Waals surface area (Å²) in [6.45, 7) is 8.67. The van der Waals surface area contributed by atoms with E-state index in [2.05, 4.69) is 19.2 Å². The van der Waals surface area contributed by atoms with Crippen LogP contribution in [0.3, 0.4) is 0 Å². The lowest BCUT2D eigenvalue weighted by atomic mass is 10.0. The molecular weight excluding hydrogens is 318 g/mol. The molecule has 0 spiro atoms. The molecule has 0 bridgehead atoms. The highest BCUT2D eigenvalue weighted by molar-refractivity contribution is 5.97. The number of carbonyl (C=O) groups excluding carboxylic acids is 2. The maximum atomic E-state index is 12.5. The highest BCUT2D eigenvalue weighted by atomic mass is 16.5. The minimum atomic E-state index is -0.163. The van der Waals surface area contributed by atoms with Crippen LogP contribution in [-0.4, -0.2) is 61.1 Å². The molecule has 1 fully saturated rings. The Morgan fingerprint density at radius 1 is 1.24 bits per heavy atom. The quantitative estimate of drug-likeness (QED) is 0.890. The van der Waals surface area contributed by atoms with Gasteiger partial charge in [0.15, 0.2) is 0 Å². The van der Waals surface area contributed by atoms with E-state index in [0.29, 0.717) is 43.5 Å². The second-order valence-corrected chi connectivity index (χ2v) is 7.01. The van der Waals surface area contributed by atoms with Gasteiger partial charge in [-0.2, -0.15) is 0 Å². The number of amides is 3. The number of anilines is 1. The first-order valence-corrected chi connectivity index (χ1v) is 8.89. The predicted molar refractivity (Wildman–Crippen MR) is 98.9 cm³/mol. The van der Waals surface area contributed by atoms with Crippen LogP contribution in [0.25, 0.3) is 0 Å². The average Bonchev–Trinajstić information content (AvgIpc) is 2.60. The van der Waals surface area contributed by atoms with Crippen molar-refractivity contribution in [3.05, 3.63) is 29.8 Å². The summed E-state index contributed by atoms with van der Waals surface area (Å²) in [6, 6.07) is 7.09. The van der Waals surface area contributed by atoms with Crippen LogP contribution < -0.4 is 5.32 Å². The summed E-state index contributed by atoms with van der Waals surface area (Å²) in [5, 5.41) is 2.89. The molecule has 1 aliphatic rings. The first kappa shape index (κ1) is 19.2. The molecule has 1 heterocycles. The Bertz CT molecular complexity index is 597. The van der Waals surface area contributed by atoms with Crippen LogP contribution in [0.5, 0.6) is 0 Å². The number of nitrogens with zero attached hydrogens (tertiary/aromatic N) is 2. The number of morpholine rings is 1. The van der Waals surface area contributed by atoms with E-state index in [0.717, 1.165) is 6.42 Å². The molecule has 25 heavy (non-hydrogen) atoms. The molecule has 1 aromatic carbocycles. The van der Waals surface area contributed by atoms with Gasteiger partial charge in [-0.05, 0) is 37.5 Å². The van der Waals surface area contributed by atoms with Gasteiger partial charge in [-0.25, -0.2) is 4.79 Å². The van der Waals surface area contributed by atoms with E-state index in [9.17, 15) is 9.59 Å². The third-order valence-corrected chi connectivity index (χ3v) is 4.45. The number of carbonyl (C=O) groups is 2. The molecule has 1 saturated heterocycles. The molecule has 2 rings (SSSR count). The van der Waals surface area contributed by atoms with E-state index in [4.69, 9.17) is 4.74 Å². The Labute approximate surface area is 150 Å². The second-order valence-electron chi connectivity index (χ2n) is 7.01. The number of hydrogen-bond acceptors (Lipinski definition) is 3. The molecule has 0 aliphatic carbocycles. The minimum Gasteiger partial charge on any atom is -0.378 e. The van der Waals surface area contributed by atoms with Gasteiger partial charge < -0.3 is 19.9 Å². The molecule has 0 radical (unpaired) electrons. The molecule has 6 heteroatoms. The van der Waals surface area contributed by atoms with Gasteiger partial charge in [0.25, 0.3) is 5.91 Å². The van der Waals surface area contributed by atoms with Crippen LogP contribution in [0, 0.1) is 5.92 Å². The molecule has 1 aromatic rings. The van der Waals surface area contributed by atoms with E-state index < -0.39 is 0 Å². The number of rotatable bonds is 5. The van der Waals surface area contributed by atoms with Crippen molar-refractivity contribution in [1.29, 1.82) is 0 Å². The highest BCUT2D eigenvalue weighted by Crippen LogP contribution is 2.16. The topological polar surface area (TPSA) is 61.9 Å². The van der Waals surface area contributed by atoms with Crippen molar-refractivity contribution in [2.24, 2.45) is 5.92 Å². The molecular formula is C19H29N3O3. The maximum absolute atomic E-state index is 12.5. The van der Waals surface area contributed by atoms with Gasteiger partial charge in [0.1, 0.15) is 0 Å². The lowest BCUT2D eigenvalue weighted by molar-refractivity contribution is 0.0303. The molecule has 6 nitrogen and oxygen atoms in total. The molecule has 1 unspecified atom stereocenters. The van der Waals surface area contributed by atoms with Gasteiger partial charge in [0.05, 0.1) is 13.2 Å². The Morgan fingerprint density at radius 2 is 1.92 bits per heavy atom. The summed E-state index contributed by atoms with van der Waals surface area (Å²) in [5.41, 5.74) is 1.21. The van der Waals surface area contributed by atoms with E-state index in [1.165, 1.54) is 0 Å². The zero-order valence-corrected chi connectivity index (χ0v) is 15.6. The zero-order valence-electron chi connectivity index (χ0n) is 15.6. The maximum Gasteiger partial charge on any atom is 0.321 e. The summed E-state index contributed by atoms with van der Waals surface area (Å²) in [7, 11) is 1.80. The van der Waals surface area contributed by atoms with Crippen molar-refractivity contribution in [3.8, 4) is 0 Å². The van der Waals surface area contributed by atoms with Gasteiger partial charge in [-0.15, -0.1) is 0 Å². The SMILES string of the molecule is CC(C)CC(C)N(C)C(=O)Nc1cccc(C(=O)N2CCOCC2)c1. The van der Waals surface area contributed by atoms with E-state index in [1.807, 2.05) is 6.92 Å². The van der Waals surface area contributed by atoms with Crippen LogP contribution >= 0.6 is 0 Å². The average molecular weight is 347 g/mol. The highest BCUT2D eigenvalue weighted by Gasteiger charge is 2.20. The number of nitrogens with one attached hydrogen (secondary N) is 1. The fourth-order valence-corrected chi connectivity index (χ4v) is 2.93. The molecule has 1 N–H and O–H groups in total. The standard InChI is InChI=1S/C19H29N3O3/c1-14(2)12-15(3)21(4)19(24)20-17-7-5-6-16(13-17)18(23)22-8-10-25-11-9-22/h5-7,13-15H,8-12H2,1-4H3,(H,20,24).